The Morgan fingerprint density at radius 2 is 1.23 bits per heavy atom. The third-order valence-corrected chi connectivity index (χ3v) is 5.10. The molecule has 3 nitrogen and oxygen atoms in total. The minimum atomic E-state index is -0.359. The number of hydrogen-bond acceptors (Lipinski definition) is 3. The lowest BCUT2D eigenvalue weighted by Gasteiger charge is -2.28. The average molecular weight is 335 g/mol. The van der Waals surface area contributed by atoms with E-state index in [0.29, 0.717) is 11.1 Å². The van der Waals surface area contributed by atoms with Crippen molar-refractivity contribution in [2.75, 3.05) is 0 Å². The van der Waals surface area contributed by atoms with Crippen LogP contribution in [-0.2, 0) is 0 Å². The Bertz CT molecular complexity index is 1110. The van der Waals surface area contributed by atoms with Crippen LogP contribution in [0, 0.1) is 22.7 Å². The van der Waals surface area contributed by atoms with Gasteiger partial charge in [-0.1, -0.05) is 48.5 Å². The highest BCUT2D eigenvalue weighted by Crippen LogP contribution is 2.43. The third-order valence-electron chi connectivity index (χ3n) is 5.10. The van der Waals surface area contributed by atoms with Gasteiger partial charge in [-0.05, 0) is 47.0 Å². The normalized spacial score (nSPS) is 15.1. The van der Waals surface area contributed by atoms with E-state index in [-0.39, 0.29) is 5.92 Å². The van der Waals surface area contributed by atoms with Crippen molar-refractivity contribution < 1.29 is 0 Å². The minimum absolute atomic E-state index is 0.359. The fourth-order valence-electron chi connectivity index (χ4n) is 3.94. The van der Waals surface area contributed by atoms with Gasteiger partial charge in [-0.25, -0.2) is 0 Å². The summed E-state index contributed by atoms with van der Waals surface area (Å²) in [4.78, 5) is 0. The van der Waals surface area contributed by atoms with E-state index in [0.717, 1.165) is 38.5 Å². The Kier molecular flexibility index (Phi) is 3.72. The van der Waals surface area contributed by atoms with Gasteiger partial charge in [0.1, 0.15) is 0 Å². The SMILES string of the molecule is CC1=C(C#N)C(c2c3ccccc3cc3ccccc23)C(C#N)=C(C)N1. The number of fused-ring (bicyclic) bond motifs is 2. The second-order valence-corrected chi connectivity index (χ2v) is 6.59. The molecule has 0 bridgehead atoms. The smallest absolute Gasteiger partial charge is 0.0975 e. The first-order valence-corrected chi connectivity index (χ1v) is 8.55. The Morgan fingerprint density at radius 1 is 0.769 bits per heavy atom. The van der Waals surface area contributed by atoms with E-state index in [4.69, 9.17) is 0 Å². The van der Waals surface area contributed by atoms with Crippen LogP contribution in [0.4, 0.5) is 0 Å². The number of nitriles is 2. The second-order valence-electron chi connectivity index (χ2n) is 6.59. The highest BCUT2D eigenvalue weighted by Gasteiger charge is 2.31. The van der Waals surface area contributed by atoms with Crippen molar-refractivity contribution in [1.29, 1.82) is 10.5 Å². The molecule has 0 unspecified atom stereocenters. The van der Waals surface area contributed by atoms with Gasteiger partial charge in [0.15, 0.2) is 0 Å². The molecule has 0 fully saturated rings. The summed E-state index contributed by atoms with van der Waals surface area (Å²) < 4.78 is 0. The quantitative estimate of drug-likeness (QED) is 0.616. The van der Waals surface area contributed by atoms with Gasteiger partial charge in [-0.3, -0.25) is 0 Å². The van der Waals surface area contributed by atoms with Crippen LogP contribution in [0.25, 0.3) is 21.5 Å². The predicted molar refractivity (Wildman–Crippen MR) is 104 cm³/mol. The summed E-state index contributed by atoms with van der Waals surface area (Å²) in [5, 5.41) is 27.3. The van der Waals surface area contributed by atoms with E-state index in [1.54, 1.807) is 0 Å². The molecule has 3 aromatic rings. The van der Waals surface area contributed by atoms with Gasteiger partial charge < -0.3 is 5.32 Å². The molecule has 1 heterocycles. The molecule has 4 rings (SSSR count). The Balaban J connectivity index is 2.20. The summed E-state index contributed by atoms with van der Waals surface area (Å²) in [6.45, 7) is 3.80. The van der Waals surface area contributed by atoms with Crippen molar-refractivity contribution in [3.8, 4) is 12.1 Å². The fourth-order valence-corrected chi connectivity index (χ4v) is 3.94. The van der Waals surface area contributed by atoms with Crippen molar-refractivity contribution in [2.24, 2.45) is 0 Å². The lowest BCUT2D eigenvalue weighted by Crippen LogP contribution is -2.23. The van der Waals surface area contributed by atoms with E-state index >= 15 is 0 Å². The van der Waals surface area contributed by atoms with Crippen molar-refractivity contribution in [3.63, 3.8) is 0 Å². The van der Waals surface area contributed by atoms with Gasteiger partial charge in [-0.2, -0.15) is 10.5 Å². The summed E-state index contributed by atoms with van der Waals surface area (Å²) >= 11 is 0. The lowest BCUT2D eigenvalue weighted by atomic mass is 9.77. The monoisotopic (exact) mass is 335 g/mol. The van der Waals surface area contributed by atoms with E-state index in [1.807, 2.05) is 38.1 Å². The molecular weight excluding hydrogens is 318 g/mol. The molecule has 1 aliphatic rings. The zero-order valence-corrected chi connectivity index (χ0v) is 14.7. The number of benzene rings is 3. The van der Waals surface area contributed by atoms with Crippen molar-refractivity contribution in [2.45, 2.75) is 19.8 Å². The summed E-state index contributed by atoms with van der Waals surface area (Å²) in [5.41, 5.74) is 3.87. The number of rotatable bonds is 1. The van der Waals surface area contributed by atoms with E-state index in [2.05, 4.69) is 47.8 Å². The zero-order chi connectivity index (χ0) is 18.3. The number of allylic oxidation sites excluding steroid dienone is 4. The van der Waals surface area contributed by atoms with Gasteiger partial charge in [0.2, 0.25) is 0 Å². The molecule has 0 radical (unpaired) electrons. The first-order chi connectivity index (χ1) is 12.7. The van der Waals surface area contributed by atoms with E-state index < -0.39 is 0 Å². The van der Waals surface area contributed by atoms with Crippen LogP contribution >= 0.6 is 0 Å². The first-order valence-electron chi connectivity index (χ1n) is 8.55. The molecule has 0 aromatic heterocycles. The van der Waals surface area contributed by atoms with Crippen LogP contribution in [0.2, 0.25) is 0 Å². The minimum Gasteiger partial charge on any atom is -0.361 e. The molecular formula is C23H17N3. The Morgan fingerprint density at radius 3 is 1.69 bits per heavy atom. The molecule has 26 heavy (non-hydrogen) atoms. The molecule has 0 aliphatic carbocycles. The van der Waals surface area contributed by atoms with Gasteiger partial charge in [-0.15, -0.1) is 0 Å². The molecule has 1 N–H and O–H groups in total. The topological polar surface area (TPSA) is 59.6 Å². The highest BCUT2D eigenvalue weighted by atomic mass is 14.9. The van der Waals surface area contributed by atoms with Crippen LogP contribution in [0.15, 0.2) is 77.1 Å². The maximum Gasteiger partial charge on any atom is 0.0975 e. The van der Waals surface area contributed by atoms with Crippen molar-refractivity contribution in [1.82, 2.24) is 5.32 Å². The lowest BCUT2D eigenvalue weighted by molar-refractivity contribution is 0.821. The molecule has 3 aromatic carbocycles. The molecule has 124 valence electrons. The molecule has 3 heteroatoms. The summed E-state index contributed by atoms with van der Waals surface area (Å²) in [5.74, 6) is -0.359. The van der Waals surface area contributed by atoms with Gasteiger partial charge in [0.05, 0.1) is 29.2 Å². The highest BCUT2D eigenvalue weighted by molar-refractivity contribution is 6.03. The van der Waals surface area contributed by atoms with E-state index in [1.165, 1.54) is 0 Å². The number of dihydropyridines is 1. The van der Waals surface area contributed by atoms with Gasteiger partial charge in [0.25, 0.3) is 0 Å². The summed E-state index contributed by atoms with van der Waals surface area (Å²) in [6.07, 6.45) is 0. The average Bonchev–Trinajstić information content (AvgIpc) is 2.65. The maximum absolute atomic E-state index is 9.86. The Hall–Kier alpha value is -3.56. The zero-order valence-electron chi connectivity index (χ0n) is 14.7. The molecule has 0 atom stereocenters. The van der Waals surface area contributed by atoms with Crippen LogP contribution in [0.3, 0.4) is 0 Å². The van der Waals surface area contributed by atoms with Crippen LogP contribution < -0.4 is 5.32 Å². The molecule has 0 amide bonds. The number of hydrogen-bond donors (Lipinski definition) is 1. The number of nitrogens with one attached hydrogen (secondary N) is 1. The second kappa shape index (κ2) is 6.06. The third kappa shape index (κ3) is 2.26. The van der Waals surface area contributed by atoms with Crippen LogP contribution in [0.1, 0.15) is 25.3 Å². The van der Waals surface area contributed by atoms with E-state index in [9.17, 15) is 10.5 Å². The molecule has 0 saturated carbocycles. The summed E-state index contributed by atoms with van der Waals surface area (Å²) in [7, 11) is 0. The molecule has 0 spiro atoms. The standard InChI is InChI=1S/C23H17N3/c1-14-20(12-24)23(21(13-25)15(2)26-14)22-18-9-5-3-7-16(18)11-17-8-4-6-10-19(17)22/h3-11,23,26H,1-2H3. The predicted octanol–water partition coefficient (Wildman–Crippen LogP) is 5.27. The van der Waals surface area contributed by atoms with Crippen molar-refractivity contribution in [3.05, 3.63) is 82.7 Å². The van der Waals surface area contributed by atoms with Crippen LogP contribution in [0.5, 0.6) is 0 Å². The van der Waals surface area contributed by atoms with Gasteiger partial charge >= 0.3 is 0 Å². The molecule has 0 saturated heterocycles. The van der Waals surface area contributed by atoms with Crippen LogP contribution in [-0.4, -0.2) is 0 Å². The first kappa shape index (κ1) is 15.9. The van der Waals surface area contributed by atoms with Gasteiger partial charge in [0, 0.05) is 11.4 Å². The maximum atomic E-state index is 9.86. The van der Waals surface area contributed by atoms with Crippen molar-refractivity contribution >= 4 is 21.5 Å². The number of nitrogens with zero attached hydrogens (tertiary/aromatic N) is 2. The summed E-state index contributed by atoms with van der Waals surface area (Å²) in [6, 6.07) is 23.2. The molecule has 1 aliphatic heterocycles. The fraction of sp³-hybridized carbons (Fsp3) is 0.130. The Labute approximate surface area is 152 Å². The largest absolute Gasteiger partial charge is 0.361 e.